The highest BCUT2D eigenvalue weighted by Crippen LogP contribution is 2.20. The maximum absolute atomic E-state index is 11.9. The zero-order valence-electron chi connectivity index (χ0n) is 12.0. The van der Waals surface area contributed by atoms with Crippen LogP contribution in [0.2, 0.25) is 0 Å². The number of H-pyrrole nitrogens is 1. The van der Waals surface area contributed by atoms with Crippen LogP contribution in [0.3, 0.4) is 0 Å². The molecule has 112 valence electrons. The first-order valence-electron chi connectivity index (χ1n) is 6.72. The molecule has 1 amide bonds. The molecule has 2 N–H and O–H groups in total. The molecule has 2 heterocycles. The number of aryl methyl sites for hydroxylation is 2. The number of hydrogen-bond donors (Lipinski definition) is 2. The summed E-state index contributed by atoms with van der Waals surface area (Å²) in [5.41, 5.74) is 1.48. The molecule has 0 aliphatic heterocycles. The Morgan fingerprint density at radius 2 is 2.29 bits per heavy atom. The van der Waals surface area contributed by atoms with Crippen molar-refractivity contribution in [2.75, 3.05) is 11.9 Å². The van der Waals surface area contributed by atoms with Gasteiger partial charge in [-0.05, 0) is 13.8 Å². The van der Waals surface area contributed by atoms with Crippen LogP contribution in [0.5, 0.6) is 0 Å². The van der Waals surface area contributed by atoms with E-state index in [4.69, 9.17) is 4.74 Å². The Labute approximate surface area is 122 Å². The van der Waals surface area contributed by atoms with E-state index in [2.05, 4.69) is 15.3 Å². The predicted molar refractivity (Wildman–Crippen MR) is 77.0 cm³/mol. The zero-order valence-corrected chi connectivity index (χ0v) is 12.0. The standard InChI is InChI=1S/C14H18N4O3/c1-3-21-14(20)13-10(2)16-8-11(13)17-12(19)4-6-18-7-5-15-9-18/h5,7-9,16H,3-4,6H2,1-2H3,(H,17,19). The Kier molecular flexibility index (Phi) is 4.76. The Bertz CT molecular complexity index is 616. The highest BCUT2D eigenvalue weighted by molar-refractivity contribution is 6.02. The van der Waals surface area contributed by atoms with E-state index in [9.17, 15) is 9.59 Å². The number of rotatable bonds is 6. The summed E-state index contributed by atoms with van der Waals surface area (Å²) in [6.07, 6.45) is 6.99. The molecule has 21 heavy (non-hydrogen) atoms. The van der Waals surface area contributed by atoms with Gasteiger partial charge < -0.3 is 19.6 Å². The third-order valence-electron chi connectivity index (χ3n) is 2.99. The highest BCUT2D eigenvalue weighted by Gasteiger charge is 2.18. The van der Waals surface area contributed by atoms with Gasteiger partial charge in [0.15, 0.2) is 0 Å². The fourth-order valence-electron chi connectivity index (χ4n) is 1.95. The monoisotopic (exact) mass is 290 g/mol. The minimum Gasteiger partial charge on any atom is -0.462 e. The van der Waals surface area contributed by atoms with E-state index in [0.717, 1.165) is 0 Å². The number of carbonyl (C=O) groups is 2. The van der Waals surface area contributed by atoms with Crippen LogP contribution in [0.4, 0.5) is 5.69 Å². The molecule has 0 aromatic carbocycles. The first-order chi connectivity index (χ1) is 10.1. The average molecular weight is 290 g/mol. The van der Waals surface area contributed by atoms with Crippen LogP contribution in [-0.4, -0.2) is 33.0 Å². The van der Waals surface area contributed by atoms with Crippen molar-refractivity contribution in [3.63, 3.8) is 0 Å². The molecule has 0 fully saturated rings. The molecule has 7 heteroatoms. The fourth-order valence-corrected chi connectivity index (χ4v) is 1.95. The second kappa shape index (κ2) is 6.74. The van der Waals surface area contributed by atoms with Crippen molar-refractivity contribution in [1.82, 2.24) is 14.5 Å². The van der Waals surface area contributed by atoms with Crippen molar-refractivity contribution in [3.8, 4) is 0 Å². The maximum Gasteiger partial charge on any atom is 0.342 e. The van der Waals surface area contributed by atoms with Crippen molar-refractivity contribution in [3.05, 3.63) is 36.2 Å². The van der Waals surface area contributed by atoms with Crippen molar-refractivity contribution >= 4 is 17.6 Å². The van der Waals surface area contributed by atoms with Gasteiger partial charge in [0.25, 0.3) is 0 Å². The van der Waals surface area contributed by atoms with Gasteiger partial charge in [-0.15, -0.1) is 0 Å². The number of hydrogen-bond acceptors (Lipinski definition) is 4. The molecule has 2 aromatic rings. The summed E-state index contributed by atoms with van der Waals surface area (Å²) in [4.78, 5) is 30.6. The molecule has 0 saturated heterocycles. The Morgan fingerprint density at radius 1 is 1.48 bits per heavy atom. The summed E-state index contributed by atoms with van der Waals surface area (Å²) in [5, 5.41) is 2.73. The Balaban J connectivity index is 1.99. The summed E-state index contributed by atoms with van der Waals surface area (Å²) >= 11 is 0. The maximum atomic E-state index is 11.9. The van der Waals surface area contributed by atoms with Gasteiger partial charge in [0.1, 0.15) is 5.56 Å². The first-order valence-corrected chi connectivity index (χ1v) is 6.72. The van der Waals surface area contributed by atoms with Crippen LogP contribution in [0, 0.1) is 6.92 Å². The van der Waals surface area contributed by atoms with Crippen molar-refractivity contribution < 1.29 is 14.3 Å². The molecule has 0 saturated carbocycles. The normalized spacial score (nSPS) is 10.4. The average Bonchev–Trinajstić information content (AvgIpc) is 3.07. The van der Waals surface area contributed by atoms with Gasteiger partial charge >= 0.3 is 5.97 Å². The third-order valence-corrected chi connectivity index (χ3v) is 2.99. The molecule has 2 aromatic heterocycles. The molecule has 2 rings (SSSR count). The second-order valence-corrected chi connectivity index (χ2v) is 4.52. The third kappa shape index (κ3) is 3.71. The number of imidazole rings is 1. The predicted octanol–water partition coefficient (Wildman–Crippen LogP) is 1.73. The van der Waals surface area contributed by atoms with Crippen molar-refractivity contribution in [2.45, 2.75) is 26.8 Å². The van der Waals surface area contributed by atoms with E-state index >= 15 is 0 Å². The second-order valence-electron chi connectivity index (χ2n) is 4.52. The molecule has 0 unspecified atom stereocenters. The van der Waals surface area contributed by atoms with E-state index in [1.807, 2.05) is 4.57 Å². The van der Waals surface area contributed by atoms with Gasteiger partial charge in [-0.25, -0.2) is 9.78 Å². The van der Waals surface area contributed by atoms with Crippen molar-refractivity contribution in [1.29, 1.82) is 0 Å². The molecule has 0 spiro atoms. The summed E-state index contributed by atoms with van der Waals surface area (Å²) in [6, 6.07) is 0. The molecular formula is C14H18N4O3. The summed E-state index contributed by atoms with van der Waals surface area (Å²) in [7, 11) is 0. The quantitative estimate of drug-likeness (QED) is 0.793. The topological polar surface area (TPSA) is 89.0 Å². The lowest BCUT2D eigenvalue weighted by Gasteiger charge is -2.07. The molecule has 7 nitrogen and oxygen atoms in total. The van der Waals surface area contributed by atoms with Crippen LogP contribution < -0.4 is 5.32 Å². The number of aromatic nitrogens is 3. The van der Waals surface area contributed by atoms with E-state index < -0.39 is 5.97 Å². The molecular weight excluding hydrogens is 272 g/mol. The minimum absolute atomic E-state index is 0.173. The smallest absolute Gasteiger partial charge is 0.342 e. The molecule has 0 atom stereocenters. The molecule has 0 aliphatic rings. The SMILES string of the molecule is CCOC(=O)c1c(NC(=O)CCn2ccnc2)c[nH]c1C. The Hall–Kier alpha value is -2.57. The number of aromatic amines is 1. The fraction of sp³-hybridized carbons (Fsp3) is 0.357. The largest absolute Gasteiger partial charge is 0.462 e. The summed E-state index contributed by atoms with van der Waals surface area (Å²) in [6.45, 7) is 4.32. The lowest BCUT2D eigenvalue weighted by atomic mass is 10.2. The number of ether oxygens (including phenoxy) is 1. The number of anilines is 1. The van der Waals surface area contributed by atoms with Crippen LogP contribution in [0.1, 0.15) is 29.4 Å². The van der Waals surface area contributed by atoms with E-state index in [1.165, 1.54) is 0 Å². The summed E-state index contributed by atoms with van der Waals surface area (Å²) in [5.74, 6) is -0.616. The Morgan fingerprint density at radius 3 is 2.95 bits per heavy atom. The molecule has 0 radical (unpaired) electrons. The zero-order chi connectivity index (χ0) is 15.2. The lowest BCUT2D eigenvalue weighted by Crippen LogP contribution is -2.16. The van der Waals surface area contributed by atoms with E-state index in [0.29, 0.717) is 29.9 Å². The van der Waals surface area contributed by atoms with Crippen LogP contribution in [-0.2, 0) is 16.1 Å². The van der Waals surface area contributed by atoms with Gasteiger partial charge in [-0.2, -0.15) is 0 Å². The van der Waals surface area contributed by atoms with Gasteiger partial charge in [0.05, 0.1) is 18.6 Å². The number of amides is 1. The van der Waals surface area contributed by atoms with Crippen molar-refractivity contribution in [2.24, 2.45) is 0 Å². The van der Waals surface area contributed by atoms with Gasteiger partial charge in [0, 0.05) is 37.3 Å². The van der Waals surface area contributed by atoms with Crippen LogP contribution >= 0.6 is 0 Å². The molecule has 0 bridgehead atoms. The van der Waals surface area contributed by atoms with Gasteiger partial charge in [0.2, 0.25) is 5.91 Å². The number of nitrogens with zero attached hydrogens (tertiary/aromatic N) is 2. The number of nitrogens with one attached hydrogen (secondary N) is 2. The van der Waals surface area contributed by atoms with E-state index in [1.54, 1.807) is 38.8 Å². The summed E-state index contributed by atoms with van der Waals surface area (Å²) < 4.78 is 6.80. The highest BCUT2D eigenvalue weighted by atomic mass is 16.5. The first kappa shape index (κ1) is 14.8. The van der Waals surface area contributed by atoms with Crippen LogP contribution in [0.25, 0.3) is 0 Å². The van der Waals surface area contributed by atoms with Gasteiger partial charge in [-0.1, -0.05) is 0 Å². The lowest BCUT2D eigenvalue weighted by molar-refractivity contribution is -0.116. The minimum atomic E-state index is -0.443. The molecule has 0 aliphatic carbocycles. The number of esters is 1. The van der Waals surface area contributed by atoms with Gasteiger partial charge in [-0.3, -0.25) is 4.79 Å². The van der Waals surface area contributed by atoms with Crippen LogP contribution in [0.15, 0.2) is 24.9 Å². The van der Waals surface area contributed by atoms with E-state index in [-0.39, 0.29) is 12.5 Å². The number of carbonyl (C=O) groups excluding carboxylic acids is 2.